The van der Waals surface area contributed by atoms with Crippen molar-refractivity contribution in [1.82, 2.24) is 5.32 Å². The van der Waals surface area contributed by atoms with Gasteiger partial charge in [-0.25, -0.2) is 9.59 Å². The predicted molar refractivity (Wildman–Crippen MR) is 96.8 cm³/mol. The van der Waals surface area contributed by atoms with Gasteiger partial charge in [0.25, 0.3) is 0 Å². The van der Waals surface area contributed by atoms with Gasteiger partial charge in [-0.05, 0) is 64.7 Å². The van der Waals surface area contributed by atoms with E-state index in [4.69, 9.17) is 21.1 Å². The Balaban J connectivity index is 1.92. The quantitative estimate of drug-likeness (QED) is 0.799. The van der Waals surface area contributed by atoms with Crippen LogP contribution in [0.2, 0.25) is 5.02 Å². The van der Waals surface area contributed by atoms with E-state index in [1.807, 2.05) is 24.3 Å². The van der Waals surface area contributed by atoms with Gasteiger partial charge in [0.05, 0.1) is 0 Å². The molecule has 0 aliphatic heterocycles. The SMILES string of the molecule is C[C@H](NC(=O)OC(C)(C)C)C(=O)O[C@@H]1CCC[C@@H]1c1ccc(Cl)cc1. The maximum Gasteiger partial charge on any atom is 0.408 e. The molecule has 1 aliphatic carbocycles. The first kappa shape index (κ1) is 19.6. The average Bonchev–Trinajstić information content (AvgIpc) is 2.94. The highest BCUT2D eigenvalue weighted by Gasteiger charge is 2.33. The van der Waals surface area contributed by atoms with E-state index in [9.17, 15) is 9.59 Å². The van der Waals surface area contributed by atoms with Crippen molar-refractivity contribution in [2.45, 2.75) is 70.6 Å². The number of nitrogens with one attached hydrogen (secondary N) is 1. The first-order valence-corrected chi connectivity index (χ1v) is 8.99. The minimum atomic E-state index is -0.763. The molecule has 0 unspecified atom stereocenters. The molecule has 0 heterocycles. The van der Waals surface area contributed by atoms with Crippen LogP contribution in [-0.4, -0.2) is 29.8 Å². The van der Waals surface area contributed by atoms with Crippen LogP contribution in [0.5, 0.6) is 0 Å². The molecule has 1 fully saturated rings. The molecule has 1 amide bonds. The molecule has 2 rings (SSSR count). The topological polar surface area (TPSA) is 64.6 Å². The monoisotopic (exact) mass is 367 g/mol. The van der Waals surface area contributed by atoms with Gasteiger partial charge < -0.3 is 14.8 Å². The lowest BCUT2D eigenvalue weighted by atomic mass is 9.96. The Labute approximate surface area is 154 Å². The Morgan fingerprint density at radius 1 is 1.20 bits per heavy atom. The number of alkyl carbamates (subject to hydrolysis) is 1. The molecule has 1 aromatic rings. The molecule has 25 heavy (non-hydrogen) atoms. The maximum atomic E-state index is 12.3. The van der Waals surface area contributed by atoms with Crippen molar-refractivity contribution in [3.05, 3.63) is 34.9 Å². The summed E-state index contributed by atoms with van der Waals surface area (Å²) in [6.45, 7) is 6.90. The summed E-state index contributed by atoms with van der Waals surface area (Å²) in [5, 5.41) is 3.20. The van der Waals surface area contributed by atoms with Crippen LogP contribution in [0.4, 0.5) is 4.79 Å². The Kier molecular flexibility index (Phi) is 6.33. The molecule has 3 atom stereocenters. The second-order valence-electron chi connectivity index (χ2n) is 7.43. The zero-order valence-electron chi connectivity index (χ0n) is 15.2. The molecule has 1 saturated carbocycles. The third-order valence-electron chi connectivity index (χ3n) is 4.11. The van der Waals surface area contributed by atoms with Crippen molar-refractivity contribution in [3.8, 4) is 0 Å². The van der Waals surface area contributed by atoms with Crippen molar-refractivity contribution in [2.24, 2.45) is 0 Å². The summed E-state index contributed by atoms with van der Waals surface area (Å²) in [7, 11) is 0. The summed E-state index contributed by atoms with van der Waals surface area (Å²) in [5.74, 6) is -0.285. The standard InChI is InChI=1S/C19H26ClNO4/c1-12(21-18(23)25-19(2,3)4)17(22)24-16-7-5-6-15(16)13-8-10-14(20)11-9-13/h8-12,15-16H,5-7H2,1-4H3,(H,21,23)/t12-,15+,16+/m0/s1. The van der Waals surface area contributed by atoms with Crippen molar-refractivity contribution in [2.75, 3.05) is 0 Å². The molecule has 0 spiro atoms. The third-order valence-corrected chi connectivity index (χ3v) is 4.36. The van der Waals surface area contributed by atoms with Crippen LogP contribution < -0.4 is 5.32 Å². The number of amides is 1. The molecule has 0 saturated heterocycles. The van der Waals surface area contributed by atoms with E-state index >= 15 is 0 Å². The lowest BCUT2D eigenvalue weighted by molar-refractivity contribution is -0.151. The highest BCUT2D eigenvalue weighted by molar-refractivity contribution is 6.30. The fourth-order valence-electron chi connectivity index (χ4n) is 2.95. The van der Waals surface area contributed by atoms with Gasteiger partial charge in [0.1, 0.15) is 17.7 Å². The molecular weight excluding hydrogens is 342 g/mol. The van der Waals surface area contributed by atoms with E-state index in [2.05, 4.69) is 5.32 Å². The fourth-order valence-corrected chi connectivity index (χ4v) is 3.08. The van der Waals surface area contributed by atoms with E-state index in [1.54, 1.807) is 27.7 Å². The minimum absolute atomic E-state index is 0.162. The Morgan fingerprint density at radius 3 is 2.44 bits per heavy atom. The molecule has 138 valence electrons. The van der Waals surface area contributed by atoms with Crippen molar-refractivity contribution in [3.63, 3.8) is 0 Å². The van der Waals surface area contributed by atoms with Crippen molar-refractivity contribution < 1.29 is 19.1 Å². The lowest BCUT2D eigenvalue weighted by Gasteiger charge is -2.24. The average molecular weight is 368 g/mol. The Bertz CT molecular complexity index is 609. The lowest BCUT2D eigenvalue weighted by Crippen LogP contribution is -2.43. The molecule has 6 heteroatoms. The summed E-state index contributed by atoms with van der Waals surface area (Å²) >= 11 is 5.94. The van der Waals surface area contributed by atoms with Gasteiger partial charge in [-0.2, -0.15) is 0 Å². The van der Waals surface area contributed by atoms with Crippen LogP contribution in [0.25, 0.3) is 0 Å². The molecule has 0 radical (unpaired) electrons. The molecule has 1 aliphatic rings. The minimum Gasteiger partial charge on any atom is -0.460 e. The number of esters is 1. The van der Waals surface area contributed by atoms with E-state index in [0.29, 0.717) is 5.02 Å². The first-order chi connectivity index (χ1) is 11.7. The van der Waals surface area contributed by atoms with Crippen molar-refractivity contribution >= 4 is 23.7 Å². The number of carbonyl (C=O) groups excluding carboxylic acids is 2. The van der Waals surface area contributed by atoms with E-state index in [-0.39, 0.29) is 12.0 Å². The van der Waals surface area contributed by atoms with Gasteiger partial charge in [-0.3, -0.25) is 0 Å². The molecule has 1 aromatic carbocycles. The van der Waals surface area contributed by atoms with Crippen LogP contribution in [0, 0.1) is 0 Å². The van der Waals surface area contributed by atoms with Gasteiger partial charge in [0.15, 0.2) is 0 Å². The summed E-state index contributed by atoms with van der Waals surface area (Å²) < 4.78 is 10.8. The highest BCUT2D eigenvalue weighted by atomic mass is 35.5. The molecular formula is C19H26ClNO4. The number of hydrogen-bond donors (Lipinski definition) is 1. The number of carbonyl (C=O) groups is 2. The van der Waals surface area contributed by atoms with Crippen LogP contribution >= 0.6 is 11.6 Å². The smallest absolute Gasteiger partial charge is 0.408 e. The van der Waals surface area contributed by atoms with E-state index in [1.165, 1.54) is 0 Å². The summed E-state index contributed by atoms with van der Waals surface area (Å²) in [5.41, 5.74) is 0.506. The van der Waals surface area contributed by atoms with Crippen molar-refractivity contribution in [1.29, 1.82) is 0 Å². The number of benzene rings is 1. The van der Waals surface area contributed by atoms with Crippen LogP contribution in [-0.2, 0) is 14.3 Å². The second kappa shape index (κ2) is 8.09. The summed E-state index contributed by atoms with van der Waals surface area (Å²) in [4.78, 5) is 24.1. The molecule has 1 N–H and O–H groups in total. The van der Waals surface area contributed by atoms with Crippen LogP contribution in [0.3, 0.4) is 0 Å². The zero-order chi connectivity index (χ0) is 18.6. The predicted octanol–water partition coefficient (Wildman–Crippen LogP) is 4.43. The summed E-state index contributed by atoms with van der Waals surface area (Å²) in [6, 6.07) is 6.88. The van der Waals surface area contributed by atoms with Crippen LogP contribution in [0.1, 0.15) is 58.4 Å². The van der Waals surface area contributed by atoms with Crippen LogP contribution in [0.15, 0.2) is 24.3 Å². The van der Waals surface area contributed by atoms with E-state index in [0.717, 1.165) is 24.8 Å². The van der Waals surface area contributed by atoms with E-state index < -0.39 is 23.7 Å². The first-order valence-electron chi connectivity index (χ1n) is 8.61. The fraction of sp³-hybridized carbons (Fsp3) is 0.579. The van der Waals surface area contributed by atoms with Gasteiger partial charge in [-0.1, -0.05) is 23.7 Å². The molecule has 0 bridgehead atoms. The Hall–Kier alpha value is -1.75. The number of rotatable bonds is 4. The normalized spacial score (nSPS) is 21.5. The van der Waals surface area contributed by atoms with Gasteiger partial charge >= 0.3 is 12.1 Å². The molecule has 5 nitrogen and oxygen atoms in total. The maximum absolute atomic E-state index is 12.3. The Morgan fingerprint density at radius 2 is 1.84 bits per heavy atom. The largest absolute Gasteiger partial charge is 0.460 e. The van der Waals surface area contributed by atoms with Gasteiger partial charge in [0, 0.05) is 10.9 Å². The highest BCUT2D eigenvalue weighted by Crippen LogP contribution is 2.37. The van der Waals surface area contributed by atoms with Gasteiger partial charge in [-0.15, -0.1) is 0 Å². The second-order valence-corrected chi connectivity index (χ2v) is 7.87. The number of halogens is 1. The number of hydrogen-bond acceptors (Lipinski definition) is 4. The third kappa shape index (κ3) is 5.92. The molecule has 0 aromatic heterocycles. The number of ether oxygens (including phenoxy) is 2. The van der Waals surface area contributed by atoms with Gasteiger partial charge in [0.2, 0.25) is 0 Å². The zero-order valence-corrected chi connectivity index (χ0v) is 15.9. The summed E-state index contributed by atoms with van der Waals surface area (Å²) in [6.07, 6.45) is 1.97.